The van der Waals surface area contributed by atoms with Gasteiger partial charge in [-0.15, -0.1) is 0 Å². The molecule has 3 rings (SSSR count). The van der Waals surface area contributed by atoms with Crippen molar-refractivity contribution >= 4 is 0 Å². The summed E-state index contributed by atoms with van der Waals surface area (Å²) in [4.78, 5) is 0. The van der Waals surface area contributed by atoms with Gasteiger partial charge in [-0.3, -0.25) is 0 Å². The minimum absolute atomic E-state index is 0.262. The van der Waals surface area contributed by atoms with E-state index in [1.165, 1.54) is 25.7 Å². The lowest BCUT2D eigenvalue weighted by Gasteiger charge is -2.53. The van der Waals surface area contributed by atoms with Gasteiger partial charge in [0.05, 0.1) is 12.2 Å². The quantitative estimate of drug-likeness (QED) is 0.585. The van der Waals surface area contributed by atoms with E-state index in [2.05, 4.69) is 20.8 Å². The Morgan fingerprint density at radius 1 is 1.08 bits per heavy atom. The molecule has 0 N–H and O–H groups in total. The van der Waals surface area contributed by atoms with Crippen molar-refractivity contribution in [2.24, 2.45) is 11.3 Å². The lowest BCUT2D eigenvalue weighted by Crippen LogP contribution is -2.52. The number of fused-ring (bicyclic) bond motifs is 3. The maximum atomic E-state index is 6.03. The monoisotopic (exact) mass is 168 g/mol. The molecular weight excluding hydrogens is 148 g/mol. The number of ether oxygens (including phenoxy) is 1. The maximum absolute atomic E-state index is 6.03. The lowest BCUT2D eigenvalue weighted by molar-refractivity contribution is -0.197. The van der Waals surface area contributed by atoms with Gasteiger partial charge in [-0.05, 0) is 37.0 Å². The second-order valence-electron chi connectivity index (χ2n) is 5.32. The van der Waals surface area contributed by atoms with Crippen molar-refractivity contribution in [2.75, 3.05) is 6.61 Å². The summed E-state index contributed by atoms with van der Waals surface area (Å²) in [5, 5.41) is 0. The Kier molecular flexibility index (Phi) is 1.76. The van der Waals surface area contributed by atoms with Crippen molar-refractivity contribution in [3.05, 3.63) is 0 Å². The van der Waals surface area contributed by atoms with Crippen LogP contribution in [0.4, 0.5) is 0 Å². The van der Waals surface area contributed by atoms with Crippen LogP contribution in [-0.4, -0.2) is 12.2 Å². The topological polar surface area (TPSA) is 9.23 Å². The molecule has 2 heterocycles. The van der Waals surface area contributed by atoms with Gasteiger partial charge < -0.3 is 4.74 Å². The van der Waals surface area contributed by atoms with E-state index in [1.807, 2.05) is 0 Å². The molecule has 1 saturated carbocycles. The molecule has 2 aliphatic heterocycles. The van der Waals surface area contributed by atoms with Crippen LogP contribution >= 0.6 is 0 Å². The van der Waals surface area contributed by atoms with Crippen molar-refractivity contribution in [1.29, 1.82) is 0 Å². The SMILES string of the molecule is CC(C)C12CCC(C)(CC1)CO2. The summed E-state index contributed by atoms with van der Waals surface area (Å²) in [7, 11) is 0. The van der Waals surface area contributed by atoms with E-state index in [-0.39, 0.29) is 5.60 Å². The summed E-state index contributed by atoms with van der Waals surface area (Å²) in [5.41, 5.74) is 0.786. The highest BCUT2D eigenvalue weighted by molar-refractivity contribution is 4.98. The maximum Gasteiger partial charge on any atom is 0.0706 e. The predicted octanol–water partition coefficient (Wildman–Crippen LogP) is 2.99. The third-order valence-electron chi connectivity index (χ3n) is 4.06. The molecule has 0 unspecified atom stereocenters. The fourth-order valence-corrected chi connectivity index (χ4v) is 2.63. The molecule has 1 nitrogen and oxygen atoms in total. The molecule has 0 radical (unpaired) electrons. The van der Waals surface area contributed by atoms with Crippen LogP contribution in [0.3, 0.4) is 0 Å². The molecule has 0 atom stereocenters. The van der Waals surface area contributed by atoms with E-state index in [9.17, 15) is 0 Å². The molecule has 70 valence electrons. The number of hydrogen-bond donors (Lipinski definition) is 0. The van der Waals surface area contributed by atoms with Crippen LogP contribution in [-0.2, 0) is 4.74 Å². The summed E-state index contributed by atoms with van der Waals surface area (Å²) >= 11 is 0. The summed E-state index contributed by atoms with van der Waals surface area (Å²) in [5.74, 6) is 0.697. The average molecular weight is 168 g/mol. The van der Waals surface area contributed by atoms with Gasteiger partial charge in [0.15, 0.2) is 0 Å². The molecule has 0 amide bonds. The summed E-state index contributed by atoms with van der Waals surface area (Å²) < 4.78 is 6.03. The highest BCUT2D eigenvalue weighted by Gasteiger charge is 2.48. The van der Waals surface area contributed by atoms with Gasteiger partial charge in [0.1, 0.15) is 0 Å². The minimum atomic E-state index is 0.262. The fraction of sp³-hybridized carbons (Fsp3) is 1.00. The van der Waals surface area contributed by atoms with Gasteiger partial charge in [0.2, 0.25) is 0 Å². The second kappa shape index (κ2) is 2.47. The zero-order valence-corrected chi connectivity index (χ0v) is 8.52. The van der Waals surface area contributed by atoms with E-state index >= 15 is 0 Å². The molecule has 0 aromatic heterocycles. The first kappa shape index (κ1) is 8.55. The van der Waals surface area contributed by atoms with Gasteiger partial charge >= 0.3 is 0 Å². The van der Waals surface area contributed by atoms with Crippen LogP contribution in [0.2, 0.25) is 0 Å². The molecule has 0 spiro atoms. The third kappa shape index (κ3) is 1.10. The van der Waals surface area contributed by atoms with Crippen molar-refractivity contribution in [3.63, 3.8) is 0 Å². The molecule has 3 aliphatic rings. The first-order valence-electron chi connectivity index (χ1n) is 5.20. The molecule has 3 fully saturated rings. The first-order valence-corrected chi connectivity index (χ1v) is 5.20. The van der Waals surface area contributed by atoms with Crippen LogP contribution in [0.5, 0.6) is 0 Å². The van der Waals surface area contributed by atoms with E-state index < -0.39 is 0 Å². The van der Waals surface area contributed by atoms with Crippen LogP contribution < -0.4 is 0 Å². The standard InChI is InChI=1S/C11H20O/c1-9(2)11-6-4-10(3,5-7-11)8-12-11/h9H,4-8H2,1-3H3. The summed E-state index contributed by atoms with van der Waals surface area (Å²) in [6.45, 7) is 7.98. The van der Waals surface area contributed by atoms with Crippen molar-refractivity contribution < 1.29 is 4.74 Å². The van der Waals surface area contributed by atoms with Crippen LogP contribution in [0.1, 0.15) is 46.5 Å². The molecule has 0 aromatic rings. The first-order chi connectivity index (χ1) is 5.56. The van der Waals surface area contributed by atoms with Crippen molar-refractivity contribution in [3.8, 4) is 0 Å². The van der Waals surface area contributed by atoms with Crippen molar-refractivity contribution in [1.82, 2.24) is 0 Å². The Morgan fingerprint density at radius 2 is 1.67 bits per heavy atom. The van der Waals surface area contributed by atoms with Gasteiger partial charge in [-0.25, -0.2) is 0 Å². The molecule has 1 heteroatoms. The smallest absolute Gasteiger partial charge is 0.0706 e. The van der Waals surface area contributed by atoms with E-state index in [0.717, 1.165) is 6.61 Å². The van der Waals surface area contributed by atoms with E-state index in [1.54, 1.807) is 0 Å². The molecular formula is C11H20O. The largest absolute Gasteiger partial charge is 0.374 e. The summed E-state index contributed by atoms with van der Waals surface area (Å²) in [6, 6.07) is 0. The molecule has 2 bridgehead atoms. The van der Waals surface area contributed by atoms with Gasteiger partial charge in [-0.1, -0.05) is 20.8 Å². The molecule has 1 aliphatic carbocycles. The van der Waals surface area contributed by atoms with Crippen LogP contribution in [0, 0.1) is 11.3 Å². The molecule has 12 heavy (non-hydrogen) atoms. The third-order valence-corrected chi connectivity index (χ3v) is 4.06. The van der Waals surface area contributed by atoms with E-state index in [4.69, 9.17) is 4.74 Å². The minimum Gasteiger partial charge on any atom is -0.374 e. The second-order valence-corrected chi connectivity index (χ2v) is 5.32. The highest BCUT2D eigenvalue weighted by atomic mass is 16.5. The van der Waals surface area contributed by atoms with Gasteiger partial charge in [-0.2, -0.15) is 0 Å². The van der Waals surface area contributed by atoms with Crippen LogP contribution in [0.15, 0.2) is 0 Å². The Hall–Kier alpha value is -0.0400. The number of rotatable bonds is 1. The van der Waals surface area contributed by atoms with Gasteiger partial charge in [0, 0.05) is 0 Å². The number of hydrogen-bond acceptors (Lipinski definition) is 1. The Morgan fingerprint density at radius 3 is 2.00 bits per heavy atom. The lowest BCUT2D eigenvalue weighted by atomic mass is 9.64. The average Bonchev–Trinajstić information content (AvgIpc) is 2.06. The van der Waals surface area contributed by atoms with E-state index in [0.29, 0.717) is 11.3 Å². The Balaban J connectivity index is 2.14. The van der Waals surface area contributed by atoms with Crippen LogP contribution in [0.25, 0.3) is 0 Å². The molecule has 2 saturated heterocycles. The normalized spacial score (nSPS) is 47.0. The fourth-order valence-electron chi connectivity index (χ4n) is 2.63. The Labute approximate surface area is 75.5 Å². The highest BCUT2D eigenvalue weighted by Crippen LogP contribution is 2.51. The zero-order valence-electron chi connectivity index (χ0n) is 8.52. The zero-order chi connectivity index (χ0) is 8.82. The van der Waals surface area contributed by atoms with Crippen molar-refractivity contribution in [2.45, 2.75) is 52.1 Å². The predicted molar refractivity (Wildman–Crippen MR) is 50.1 cm³/mol. The van der Waals surface area contributed by atoms with Gasteiger partial charge in [0.25, 0.3) is 0 Å². The summed E-state index contributed by atoms with van der Waals surface area (Å²) in [6.07, 6.45) is 5.35. The molecule has 0 aromatic carbocycles. The Bertz CT molecular complexity index is 159.